The lowest BCUT2D eigenvalue weighted by atomic mass is 10.2. The van der Waals surface area contributed by atoms with Gasteiger partial charge in [0.2, 0.25) is 0 Å². The van der Waals surface area contributed by atoms with Gasteiger partial charge in [0, 0.05) is 39.0 Å². The maximum Gasteiger partial charge on any atom is 0.335 e. The van der Waals surface area contributed by atoms with E-state index in [-0.39, 0.29) is 11.5 Å². The van der Waals surface area contributed by atoms with Crippen molar-refractivity contribution in [2.45, 2.75) is 18.9 Å². The third-order valence-electron chi connectivity index (χ3n) is 3.37. The van der Waals surface area contributed by atoms with E-state index in [2.05, 4.69) is 0 Å². The van der Waals surface area contributed by atoms with Crippen LogP contribution < -0.4 is 4.90 Å². The molecular weight excluding hydrogens is 274 g/mol. The number of benzene rings is 1. The van der Waals surface area contributed by atoms with Gasteiger partial charge in [-0.25, -0.2) is 4.79 Å². The van der Waals surface area contributed by atoms with Crippen LogP contribution in [0.15, 0.2) is 24.3 Å². The molecule has 0 aromatic heterocycles. The minimum atomic E-state index is -1.00. The van der Waals surface area contributed by atoms with Crippen LogP contribution in [0.5, 0.6) is 0 Å². The number of nitrogens with zero attached hydrogens (tertiary/aromatic N) is 1. The number of ether oxygens (including phenoxy) is 2. The number of hydrogen-bond acceptors (Lipinski definition) is 4. The molecular formula is C15H19NO5. The Balaban J connectivity index is 1.98. The molecule has 0 radical (unpaired) electrons. The summed E-state index contributed by atoms with van der Waals surface area (Å²) in [6, 6.07) is 6.38. The van der Waals surface area contributed by atoms with Crippen molar-refractivity contribution >= 4 is 17.6 Å². The van der Waals surface area contributed by atoms with Gasteiger partial charge in [-0.15, -0.1) is 0 Å². The van der Waals surface area contributed by atoms with Gasteiger partial charge in [-0.1, -0.05) is 6.07 Å². The lowest BCUT2D eigenvalue weighted by Crippen LogP contribution is -2.31. The predicted octanol–water partition coefficient (Wildman–Crippen LogP) is 1.54. The smallest absolute Gasteiger partial charge is 0.335 e. The first-order valence-corrected chi connectivity index (χ1v) is 6.88. The van der Waals surface area contributed by atoms with Crippen molar-refractivity contribution < 1.29 is 24.2 Å². The first-order valence-electron chi connectivity index (χ1n) is 6.88. The monoisotopic (exact) mass is 293 g/mol. The second-order valence-electron chi connectivity index (χ2n) is 4.84. The number of rotatable bonds is 7. The van der Waals surface area contributed by atoms with E-state index in [0.717, 1.165) is 6.42 Å². The Hall–Kier alpha value is -1.92. The quantitative estimate of drug-likeness (QED) is 0.772. The van der Waals surface area contributed by atoms with Crippen LogP contribution in [0.3, 0.4) is 0 Å². The van der Waals surface area contributed by atoms with Crippen LogP contribution >= 0.6 is 0 Å². The molecule has 2 rings (SSSR count). The Kier molecular flexibility index (Phi) is 5.30. The standard InChI is InChI=1S/C15H19NO5/c1-20-8-3-9-21-13-6-7-16(14(13)17)12-5-2-4-11(10-12)15(18)19/h2,4-5,10,13H,3,6-9H2,1H3,(H,18,19). The minimum absolute atomic E-state index is 0.116. The van der Waals surface area contributed by atoms with Gasteiger partial charge < -0.3 is 19.5 Å². The summed E-state index contributed by atoms with van der Waals surface area (Å²) in [4.78, 5) is 24.8. The summed E-state index contributed by atoms with van der Waals surface area (Å²) in [5.41, 5.74) is 0.771. The van der Waals surface area contributed by atoms with E-state index < -0.39 is 12.1 Å². The Morgan fingerprint density at radius 3 is 2.95 bits per heavy atom. The maximum atomic E-state index is 12.3. The third-order valence-corrected chi connectivity index (χ3v) is 3.37. The van der Waals surface area contributed by atoms with E-state index in [9.17, 15) is 9.59 Å². The molecule has 114 valence electrons. The molecule has 6 nitrogen and oxygen atoms in total. The third kappa shape index (κ3) is 3.80. The average Bonchev–Trinajstić information content (AvgIpc) is 2.85. The van der Waals surface area contributed by atoms with Crippen LogP contribution in [-0.2, 0) is 14.3 Å². The minimum Gasteiger partial charge on any atom is -0.478 e. The number of carbonyl (C=O) groups is 2. The molecule has 1 aliphatic rings. The van der Waals surface area contributed by atoms with Gasteiger partial charge in [0.1, 0.15) is 6.10 Å². The molecule has 1 fully saturated rings. The van der Waals surface area contributed by atoms with E-state index in [1.807, 2.05) is 0 Å². The van der Waals surface area contributed by atoms with Crippen LogP contribution in [-0.4, -0.2) is 50.0 Å². The average molecular weight is 293 g/mol. The number of aromatic carboxylic acids is 1. The first kappa shape index (κ1) is 15.5. The molecule has 1 N–H and O–H groups in total. The Labute approximate surface area is 123 Å². The first-order chi connectivity index (χ1) is 10.1. The number of methoxy groups -OCH3 is 1. The summed E-state index contributed by atoms with van der Waals surface area (Å²) >= 11 is 0. The van der Waals surface area contributed by atoms with E-state index in [4.69, 9.17) is 14.6 Å². The number of carboxylic acid groups (broad SMARTS) is 1. The predicted molar refractivity (Wildman–Crippen MR) is 76.6 cm³/mol. The van der Waals surface area contributed by atoms with E-state index >= 15 is 0 Å². The number of carbonyl (C=O) groups excluding carboxylic acids is 1. The molecule has 21 heavy (non-hydrogen) atoms. The van der Waals surface area contributed by atoms with Gasteiger partial charge in [0.15, 0.2) is 0 Å². The number of amides is 1. The van der Waals surface area contributed by atoms with Crippen molar-refractivity contribution in [3.05, 3.63) is 29.8 Å². The molecule has 1 amide bonds. The summed E-state index contributed by atoms with van der Waals surface area (Å²) in [6.07, 6.45) is 0.910. The zero-order chi connectivity index (χ0) is 15.2. The molecule has 1 aromatic rings. The summed E-state index contributed by atoms with van der Waals surface area (Å²) in [7, 11) is 1.62. The highest BCUT2D eigenvalue weighted by molar-refractivity contribution is 6.00. The highest BCUT2D eigenvalue weighted by Gasteiger charge is 2.33. The van der Waals surface area contributed by atoms with Gasteiger partial charge in [-0.05, 0) is 24.6 Å². The topological polar surface area (TPSA) is 76.1 Å². The molecule has 1 atom stereocenters. The Bertz CT molecular complexity index is 517. The normalized spacial score (nSPS) is 18.2. The molecule has 1 aromatic carbocycles. The van der Waals surface area contributed by atoms with Crippen molar-refractivity contribution in [1.29, 1.82) is 0 Å². The van der Waals surface area contributed by atoms with Crippen LogP contribution in [0.1, 0.15) is 23.2 Å². The van der Waals surface area contributed by atoms with Gasteiger partial charge in [-0.2, -0.15) is 0 Å². The maximum absolute atomic E-state index is 12.3. The van der Waals surface area contributed by atoms with Crippen LogP contribution in [0.2, 0.25) is 0 Å². The highest BCUT2D eigenvalue weighted by Crippen LogP contribution is 2.24. The molecule has 1 unspecified atom stereocenters. The summed E-state index contributed by atoms with van der Waals surface area (Å²) in [5, 5.41) is 9.00. The molecule has 6 heteroatoms. The van der Waals surface area contributed by atoms with Gasteiger partial charge in [0.05, 0.1) is 5.56 Å². The zero-order valence-corrected chi connectivity index (χ0v) is 11.9. The largest absolute Gasteiger partial charge is 0.478 e. The zero-order valence-electron chi connectivity index (χ0n) is 11.9. The molecule has 1 heterocycles. The number of hydrogen-bond donors (Lipinski definition) is 1. The number of anilines is 1. The lowest BCUT2D eigenvalue weighted by molar-refractivity contribution is -0.127. The molecule has 1 aliphatic heterocycles. The molecule has 0 saturated carbocycles. The molecule has 0 aliphatic carbocycles. The fourth-order valence-corrected chi connectivity index (χ4v) is 2.30. The Morgan fingerprint density at radius 2 is 2.24 bits per heavy atom. The van der Waals surface area contributed by atoms with Gasteiger partial charge in [0.25, 0.3) is 5.91 Å². The van der Waals surface area contributed by atoms with Crippen molar-refractivity contribution in [1.82, 2.24) is 0 Å². The Morgan fingerprint density at radius 1 is 1.43 bits per heavy atom. The van der Waals surface area contributed by atoms with Crippen molar-refractivity contribution in [2.24, 2.45) is 0 Å². The van der Waals surface area contributed by atoms with Crippen molar-refractivity contribution in [3.8, 4) is 0 Å². The second-order valence-corrected chi connectivity index (χ2v) is 4.84. The highest BCUT2D eigenvalue weighted by atomic mass is 16.5. The summed E-state index contributed by atoms with van der Waals surface area (Å²) in [6.45, 7) is 1.62. The van der Waals surface area contributed by atoms with Crippen molar-refractivity contribution in [3.63, 3.8) is 0 Å². The fraction of sp³-hybridized carbons (Fsp3) is 0.467. The van der Waals surface area contributed by atoms with E-state index in [0.29, 0.717) is 31.9 Å². The SMILES string of the molecule is COCCCOC1CCN(c2cccc(C(=O)O)c2)C1=O. The molecule has 1 saturated heterocycles. The van der Waals surface area contributed by atoms with Crippen molar-refractivity contribution in [2.75, 3.05) is 31.8 Å². The van der Waals surface area contributed by atoms with Gasteiger partial charge in [-0.3, -0.25) is 4.79 Å². The van der Waals surface area contributed by atoms with E-state index in [1.54, 1.807) is 24.1 Å². The van der Waals surface area contributed by atoms with Gasteiger partial charge >= 0.3 is 5.97 Å². The van der Waals surface area contributed by atoms with Crippen LogP contribution in [0, 0.1) is 0 Å². The summed E-state index contributed by atoms with van der Waals surface area (Å²) in [5.74, 6) is -1.12. The van der Waals surface area contributed by atoms with E-state index in [1.165, 1.54) is 12.1 Å². The summed E-state index contributed by atoms with van der Waals surface area (Å²) < 4.78 is 10.5. The fourth-order valence-electron chi connectivity index (χ4n) is 2.30. The number of carboxylic acids is 1. The molecule has 0 bridgehead atoms. The molecule has 0 spiro atoms. The van der Waals surface area contributed by atoms with Crippen LogP contribution in [0.25, 0.3) is 0 Å². The lowest BCUT2D eigenvalue weighted by Gasteiger charge is -2.17. The second kappa shape index (κ2) is 7.19. The van der Waals surface area contributed by atoms with Crippen LogP contribution in [0.4, 0.5) is 5.69 Å².